The molecule has 0 radical (unpaired) electrons. The van der Waals surface area contributed by atoms with Crippen LogP contribution >= 0.6 is 11.6 Å². The van der Waals surface area contributed by atoms with Gasteiger partial charge in [-0.3, -0.25) is 4.79 Å². The molecule has 1 aromatic rings. The summed E-state index contributed by atoms with van der Waals surface area (Å²) < 4.78 is 0. The third-order valence-corrected chi connectivity index (χ3v) is 1.03. The van der Waals surface area contributed by atoms with E-state index in [1.165, 1.54) is 12.1 Å². The summed E-state index contributed by atoms with van der Waals surface area (Å²) in [6, 6.07) is 6.07. The molecule has 0 atom stereocenters. The summed E-state index contributed by atoms with van der Waals surface area (Å²) in [5.41, 5.74) is 0.577. The molecule has 0 aromatic heterocycles. The van der Waals surface area contributed by atoms with Gasteiger partial charge in [0.1, 0.15) is 12.0 Å². The lowest BCUT2D eigenvalue weighted by atomic mass is 10.2. The number of hydrogen-bond acceptors (Lipinski definition) is 2. The highest BCUT2D eigenvalue weighted by molar-refractivity contribution is 6.17. The number of phenols is 1. The molecule has 0 unspecified atom stereocenters. The van der Waals surface area contributed by atoms with Gasteiger partial charge in [-0.1, -0.05) is 6.92 Å². The standard InChI is InChI=1S/C7H6O2.C2H5Cl/c8-5-6-1-3-7(9)4-2-6;1-2-3/h1-5,9H;2H2,1H3. The molecule has 0 amide bonds. The third kappa shape index (κ3) is 4.74. The Morgan fingerprint density at radius 2 is 1.83 bits per heavy atom. The van der Waals surface area contributed by atoms with Gasteiger partial charge in [0.2, 0.25) is 0 Å². The molecule has 12 heavy (non-hydrogen) atoms. The van der Waals surface area contributed by atoms with Crippen LogP contribution in [0.25, 0.3) is 0 Å². The van der Waals surface area contributed by atoms with Crippen molar-refractivity contribution in [2.45, 2.75) is 6.92 Å². The van der Waals surface area contributed by atoms with Gasteiger partial charge in [-0.2, -0.15) is 0 Å². The number of halogens is 1. The zero-order chi connectivity index (χ0) is 9.40. The van der Waals surface area contributed by atoms with E-state index in [4.69, 9.17) is 16.7 Å². The third-order valence-electron chi connectivity index (χ3n) is 1.03. The van der Waals surface area contributed by atoms with Crippen molar-refractivity contribution in [1.29, 1.82) is 0 Å². The van der Waals surface area contributed by atoms with Gasteiger partial charge in [-0.05, 0) is 24.3 Å². The average Bonchev–Trinajstić information content (AvgIpc) is 2.07. The second kappa shape index (κ2) is 6.68. The first-order valence-electron chi connectivity index (χ1n) is 3.54. The predicted molar refractivity (Wildman–Crippen MR) is 49.9 cm³/mol. The summed E-state index contributed by atoms with van der Waals surface area (Å²) in [7, 11) is 0. The molecule has 0 fully saturated rings. The fraction of sp³-hybridized carbons (Fsp3) is 0.222. The van der Waals surface area contributed by atoms with E-state index in [9.17, 15) is 4.79 Å². The highest BCUT2D eigenvalue weighted by atomic mass is 35.5. The molecule has 0 aliphatic rings. The molecule has 0 bridgehead atoms. The number of rotatable bonds is 1. The fourth-order valence-electron chi connectivity index (χ4n) is 0.553. The summed E-state index contributed by atoms with van der Waals surface area (Å²) in [6.45, 7) is 1.89. The first-order valence-corrected chi connectivity index (χ1v) is 4.08. The minimum atomic E-state index is 0.181. The highest BCUT2D eigenvalue weighted by Gasteiger charge is 1.86. The molecule has 3 heteroatoms. The molecular weight excluding hydrogens is 176 g/mol. The number of benzene rings is 1. The van der Waals surface area contributed by atoms with E-state index in [-0.39, 0.29) is 5.75 Å². The zero-order valence-corrected chi connectivity index (χ0v) is 7.58. The number of alkyl halides is 1. The smallest absolute Gasteiger partial charge is 0.150 e. The van der Waals surface area contributed by atoms with Crippen molar-refractivity contribution in [3.05, 3.63) is 29.8 Å². The second-order valence-electron chi connectivity index (χ2n) is 1.98. The van der Waals surface area contributed by atoms with Gasteiger partial charge in [-0.25, -0.2) is 0 Å². The Kier molecular flexibility index (Phi) is 6.11. The van der Waals surface area contributed by atoms with Gasteiger partial charge in [0.25, 0.3) is 0 Å². The molecule has 2 nitrogen and oxygen atoms in total. The largest absolute Gasteiger partial charge is 0.508 e. The molecule has 0 aliphatic heterocycles. The maximum atomic E-state index is 10.0. The van der Waals surface area contributed by atoms with Gasteiger partial charge in [0, 0.05) is 11.4 Å². The highest BCUT2D eigenvalue weighted by Crippen LogP contribution is 2.07. The van der Waals surface area contributed by atoms with E-state index in [1.807, 2.05) is 6.92 Å². The minimum absolute atomic E-state index is 0.181. The zero-order valence-electron chi connectivity index (χ0n) is 6.83. The summed E-state index contributed by atoms with van der Waals surface area (Å²) in [6.07, 6.45) is 0.736. The van der Waals surface area contributed by atoms with E-state index in [2.05, 4.69) is 0 Å². The molecule has 66 valence electrons. The van der Waals surface area contributed by atoms with Crippen molar-refractivity contribution in [2.24, 2.45) is 0 Å². The first kappa shape index (κ1) is 11.0. The van der Waals surface area contributed by atoms with Gasteiger partial charge in [0.15, 0.2) is 0 Å². The van der Waals surface area contributed by atoms with Crippen LogP contribution in [0.3, 0.4) is 0 Å². The Bertz CT molecular complexity index is 218. The van der Waals surface area contributed by atoms with E-state index in [0.717, 1.165) is 12.2 Å². The van der Waals surface area contributed by atoms with Crippen LogP contribution in [-0.4, -0.2) is 17.3 Å². The maximum absolute atomic E-state index is 10.0. The number of aldehydes is 1. The number of carbonyl (C=O) groups excluding carboxylic acids is 1. The van der Waals surface area contributed by atoms with E-state index >= 15 is 0 Å². The van der Waals surface area contributed by atoms with Crippen LogP contribution < -0.4 is 0 Å². The van der Waals surface area contributed by atoms with Crippen LogP contribution in [0, 0.1) is 0 Å². The van der Waals surface area contributed by atoms with Crippen molar-refractivity contribution in [1.82, 2.24) is 0 Å². The summed E-state index contributed by atoms with van der Waals surface area (Å²) in [5, 5.41) is 8.74. The van der Waals surface area contributed by atoms with Crippen molar-refractivity contribution in [2.75, 3.05) is 5.88 Å². The van der Waals surface area contributed by atoms with Gasteiger partial charge in [-0.15, -0.1) is 11.6 Å². The second-order valence-corrected chi connectivity index (χ2v) is 2.51. The van der Waals surface area contributed by atoms with Crippen LogP contribution in [0.15, 0.2) is 24.3 Å². The van der Waals surface area contributed by atoms with E-state index < -0.39 is 0 Å². The Balaban J connectivity index is 0.000000354. The normalized spacial score (nSPS) is 8.17. The van der Waals surface area contributed by atoms with E-state index in [1.54, 1.807) is 12.1 Å². The van der Waals surface area contributed by atoms with Crippen LogP contribution in [0.5, 0.6) is 5.75 Å². The summed E-state index contributed by atoms with van der Waals surface area (Å²) >= 11 is 5.00. The average molecular weight is 187 g/mol. The SMILES string of the molecule is CCCl.O=Cc1ccc(O)cc1. The number of aromatic hydroxyl groups is 1. The topological polar surface area (TPSA) is 37.3 Å². The minimum Gasteiger partial charge on any atom is -0.508 e. The Hall–Kier alpha value is -1.02. The van der Waals surface area contributed by atoms with Crippen LogP contribution in [0.2, 0.25) is 0 Å². The molecule has 0 spiro atoms. The predicted octanol–water partition coefficient (Wildman–Crippen LogP) is 2.45. The number of hydrogen-bond donors (Lipinski definition) is 1. The molecule has 0 heterocycles. The molecular formula is C9H11ClO2. The number of carbonyl (C=O) groups is 1. The van der Waals surface area contributed by atoms with Crippen molar-refractivity contribution >= 4 is 17.9 Å². The van der Waals surface area contributed by atoms with Crippen LogP contribution in [0.1, 0.15) is 17.3 Å². The maximum Gasteiger partial charge on any atom is 0.150 e. The van der Waals surface area contributed by atoms with Gasteiger partial charge >= 0.3 is 0 Å². The lowest BCUT2D eigenvalue weighted by Crippen LogP contribution is -1.74. The van der Waals surface area contributed by atoms with Gasteiger partial charge in [0.05, 0.1) is 0 Å². The van der Waals surface area contributed by atoms with Crippen molar-refractivity contribution in [3.8, 4) is 5.75 Å². The lowest BCUT2D eigenvalue weighted by Gasteiger charge is -1.88. The molecule has 0 saturated heterocycles. The quantitative estimate of drug-likeness (QED) is 0.541. The lowest BCUT2D eigenvalue weighted by molar-refractivity contribution is 0.112. The Labute approximate surface area is 76.8 Å². The Morgan fingerprint density at radius 1 is 1.42 bits per heavy atom. The molecule has 1 aromatic carbocycles. The van der Waals surface area contributed by atoms with Gasteiger partial charge < -0.3 is 5.11 Å². The monoisotopic (exact) mass is 186 g/mol. The van der Waals surface area contributed by atoms with Crippen molar-refractivity contribution < 1.29 is 9.90 Å². The first-order chi connectivity index (χ1) is 5.74. The number of phenolic OH excluding ortho intramolecular Hbond substituents is 1. The molecule has 0 aliphatic carbocycles. The summed E-state index contributed by atoms with van der Waals surface area (Å²) in [4.78, 5) is 10.0. The van der Waals surface area contributed by atoms with Crippen LogP contribution in [0.4, 0.5) is 0 Å². The molecule has 1 rings (SSSR count). The van der Waals surface area contributed by atoms with E-state index in [0.29, 0.717) is 5.56 Å². The molecule has 0 saturated carbocycles. The summed E-state index contributed by atoms with van der Waals surface area (Å²) in [5.74, 6) is 0.903. The molecule has 1 N–H and O–H groups in total. The van der Waals surface area contributed by atoms with Crippen molar-refractivity contribution in [3.63, 3.8) is 0 Å². The van der Waals surface area contributed by atoms with Crippen LogP contribution in [-0.2, 0) is 0 Å². The fourth-order valence-corrected chi connectivity index (χ4v) is 0.553. The Morgan fingerprint density at radius 3 is 2.17 bits per heavy atom.